The summed E-state index contributed by atoms with van der Waals surface area (Å²) in [6.45, 7) is 5.45. The zero-order valence-electron chi connectivity index (χ0n) is 10.5. The fourth-order valence-corrected chi connectivity index (χ4v) is 4.29. The topological polar surface area (TPSA) is 72.2 Å². The van der Waals surface area contributed by atoms with Crippen LogP contribution in [-0.4, -0.2) is 38.6 Å². The van der Waals surface area contributed by atoms with Crippen LogP contribution in [0.4, 0.5) is 0 Å². The Kier molecular flexibility index (Phi) is 4.37. The van der Waals surface area contributed by atoms with Gasteiger partial charge in [-0.05, 0) is 25.3 Å². The van der Waals surface area contributed by atoms with E-state index < -0.39 is 15.4 Å². The van der Waals surface area contributed by atoms with Crippen LogP contribution in [0.3, 0.4) is 0 Å². The van der Waals surface area contributed by atoms with E-state index in [0.717, 1.165) is 25.8 Å². The second-order valence-electron chi connectivity index (χ2n) is 5.35. The molecule has 96 valence electrons. The summed E-state index contributed by atoms with van der Waals surface area (Å²) in [5.74, 6) is 0.504. The molecule has 1 saturated carbocycles. The van der Waals surface area contributed by atoms with Gasteiger partial charge in [-0.2, -0.15) is 0 Å². The first-order valence-electron chi connectivity index (χ1n) is 5.96. The minimum atomic E-state index is -3.01. The van der Waals surface area contributed by atoms with Crippen LogP contribution < -0.4 is 11.1 Å². The first-order valence-corrected chi connectivity index (χ1v) is 7.91. The molecule has 0 bridgehead atoms. The predicted octanol–water partition coefficient (Wildman–Crippen LogP) is 0.527. The zero-order valence-corrected chi connectivity index (χ0v) is 11.3. The third-order valence-electron chi connectivity index (χ3n) is 3.45. The molecule has 0 aliphatic heterocycles. The molecule has 1 aliphatic carbocycles. The molecule has 0 aromatic rings. The van der Waals surface area contributed by atoms with Crippen molar-refractivity contribution in [3.63, 3.8) is 0 Å². The van der Waals surface area contributed by atoms with Gasteiger partial charge in [-0.25, -0.2) is 8.42 Å². The Labute approximate surface area is 98.9 Å². The van der Waals surface area contributed by atoms with E-state index in [1.807, 2.05) is 0 Å². The lowest BCUT2D eigenvalue weighted by atomic mass is 9.96. The van der Waals surface area contributed by atoms with Gasteiger partial charge in [0, 0.05) is 18.3 Å². The minimum absolute atomic E-state index is 0.316. The summed E-state index contributed by atoms with van der Waals surface area (Å²) in [5, 5.41) is 3.08. The highest BCUT2D eigenvalue weighted by Crippen LogP contribution is 2.34. The Balaban J connectivity index is 2.84. The van der Waals surface area contributed by atoms with Gasteiger partial charge in [-0.1, -0.05) is 20.3 Å². The second kappa shape index (κ2) is 5.02. The Morgan fingerprint density at radius 1 is 1.50 bits per heavy atom. The molecule has 2 unspecified atom stereocenters. The van der Waals surface area contributed by atoms with Crippen molar-refractivity contribution in [1.82, 2.24) is 5.32 Å². The minimum Gasteiger partial charge on any atom is -0.329 e. The van der Waals surface area contributed by atoms with E-state index in [0.29, 0.717) is 12.5 Å². The maximum atomic E-state index is 11.8. The lowest BCUT2D eigenvalue weighted by molar-refractivity contribution is 0.323. The molecule has 0 heterocycles. The van der Waals surface area contributed by atoms with Gasteiger partial charge < -0.3 is 11.1 Å². The Bertz CT molecular complexity index is 327. The van der Waals surface area contributed by atoms with Crippen LogP contribution >= 0.6 is 0 Å². The summed E-state index contributed by atoms with van der Waals surface area (Å²) in [7, 11) is -3.01. The van der Waals surface area contributed by atoms with Gasteiger partial charge in [0.25, 0.3) is 0 Å². The first kappa shape index (κ1) is 13.9. The molecule has 0 amide bonds. The normalized spacial score (nSPS) is 31.2. The predicted molar refractivity (Wildman–Crippen MR) is 67.1 cm³/mol. The van der Waals surface area contributed by atoms with Crippen molar-refractivity contribution < 1.29 is 8.42 Å². The van der Waals surface area contributed by atoms with Crippen LogP contribution in [0.25, 0.3) is 0 Å². The maximum absolute atomic E-state index is 11.8. The molecule has 2 atom stereocenters. The van der Waals surface area contributed by atoms with Crippen LogP contribution in [0.15, 0.2) is 0 Å². The van der Waals surface area contributed by atoms with Crippen molar-refractivity contribution in [1.29, 1.82) is 0 Å². The van der Waals surface area contributed by atoms with Crippen molar-refractivity contribution in [3.8, 4) is 0 Å². The smallest absolute Gasteiger partial charge is 0.152 e. The van der Waals surface area contributed by atoms with Crippen LogP contribution in [0.5, 0.6) is 0 Å². The van der Waals surface area contributed by atoms with E-state index in [2.05, 4.69) is 19.2 Å². The highest BCUT2D eigenvalue weighted by atomic mass is 32.2. The maximum Gasteiger partial charge on any atom is 0.152 e. The number of sulfone groups is 1. The molecule has 4 nitrogen and oxygen atoms in total. The van der Waals surface area contributed by atoms with Crippen LogP contribution in [0.2, 0.25) is 0 Å². The largest absolute Gasteiger partial charge is 0.329 e. The molecule has 1 fully saturated rings. The van der Waals surface area contributed by atoms with Crippen molar-refractivity contribution in [3.05, 3.63) is 0 Å². The van der Waals surface area contributed by atoms with E-state index in [-0.39, 0.29) is 5.25 Å². The van der Waals surface area contributed by atoms with Crippen molar-refractivity contribution in [2.75, 3.05) is 19.3 Å². The number of hydrogen-bond donors (Lipinski definition) is 2. The number of hydrogen-bond acceptors (Lipinski definition) is 4. The molecule has 5 heteroatoms. The van der Waals surface area contributed by atoms with Crippen LogP contribution in [0.1, 0.15) is 33.1 Å². The fourth-order valence-electron chi connectivity index (χ4n) is 2.58. The average molecular weight is 248 g/mol. The quantitative estimate of drug-likeness (QED) is 0.744. The van der Waals surface area contributed by atoms with E-state index in [9.17, 15) is 8.42 Å². The Morgan fingerprint density at radius 2 is 2.12 bits per heavy atom. The Morgan fingerprint density at radius 3 is 2.56 bits per heavy atom. The summed E-state index contributed by atoms with van der Waals surface area (Å²) in [5.41, 5.74) is 5.42. The van der Waals surface area contributed by atoms with Crippen molar-refractivity contribution in [2.24, 2.45) is 11.7 Å². The van der Waals surface area contributed by atoms with Gasteiger partial charge in [-0.3, -0.25) is 0 Å². The van der Waals surface area contributed by atoms with E-state index >= 15 is 0 Å². The van der Waals surface area contributed by atoms with Crippen molar-refractivity contribution in [2.45, 2.75) is 43.9 Å². The second-order valence-corrected chi connectivity index (χ2v) is 7.57. The molecular weight excluding hydrogens is 224 g/mol. The summed E-state index contributed by atoms with van der Waals surface area (Å²) in [6, 6.07) is 0. The molecule has 0 aromatic heterocycles. The molecule has 0 saturated heterocycles. The van der Waals surface area contributed by atoms with Crippen molar-refractivity contribution >= 4 is 9.84 Å². The van der Waals surface area contributed by atoms with Gasteiger partial charge >= 0.3 is 0 Å². The summed E-state index contributed by atoms with van der Waals surface area (Å²) in [6.07, 6.45) is 3.87. The summed E-state index contributed by atoms with van der Waals surface area (Å²) < 4.78 is 23.5. The highest BCUT2D eigenvalue weighted by molar-refractivity contribution is 7.91. The van der Waals surface area contributed by atoms with Gasteiger partial charge in [0.15, 0.2) is 9.84 Å². The molecule has 0 spiro atoms. The lowest BCUT2D eigenvalue weighted by Crippen LogP contribution is -2.59. The number of rotatable bonds is 5. The van der Waals surface area contributed by atoms with Gasteiger partial charge in [0.1, 0.15) is 0 Å². The van der Waals surface area contributed by atoms with Crippen LogP contribution in [0, 0.1) is 5.92 Å². The van der Waals surface area contributed by atoms with Crippen LogP contribution in [-0.2, 0) is 9.84 Å². The fraction of sp³-hybridized carbons (Fsp3) is 1.00. The third-order valence-corrected chi connectivity index (χ3v) is 5.17. The first-order chi connectivity index (χ1) is 7.32. The van der Waals surface area contributed by atoms with E-state index in [1.54, 1.807) is 0 Å². The number of nitrogens with one attached hydrogen (secondary N) is 1. The molecule has 16 heavy (non-hydrogen) atoms. The van der Waals surface area contributed by atoms with Gasteiger partial charge in [0.05, 0.1) is 5.25 Å². The van der Waals surface area contributed by atoms with E-state index in [4.69, 9.17) is 5.73 Å². The molecule has 1 aliphatic rings. The molecule has 1 rings (SSSR count). The lowest BCUT2D eigenvalue weighted by Gasteiger charge is -2.35. The monoisotopic (exact) mass is 248 g/mol. The van der Waals surface area contributed by atoms with E-state index in [1.165, 1.54) is 6.26 Å². The summed E-state index contributed by atoms with van der Waals surface area (Å²) in [4.78, 5) is 0. The van der Waals surface area contributed by atoms with Gasteiger partial charge in [0.2, 0.25) is 0 Å². The molecular formula is C11H24N2O2S. The van der Waals surface area contributed by atoms with Gasteiger partial charge in [-0.15, -0.1) is 0 Å². The SMILES string of the molecule is CC(C)CNC1(CN)CCCC1S(C)(=O)=O. The Hall–Kier alpha value is -0.130. The molecule has 0 aromatic carbocycles. The average Bonchev–Trinajstić information content (AvgIpc) is 2.58. The summed E-state index contributed by atoms with van der Waals surface area (Å²) >= 11 is 0. The number of nitrogens with two attached hydrogens (primary N) is 1. The third kappa shape index (κ3) is 2.96. The standard InChI is InChI=1S/C11H24N2O2S/c1-9(2)7-13-11(8-12)6-4-5-10(11)16(3,14)15/h9-10,13H,4-8,12H2,1-3H3. The highest BCUT2D eigenvalue weighted by Gasteiger charge is 2.46. The molecule has 0 radical (unpaired) electrons. The molecule has 3 N–H and O–H groups in total. The zero-order chi connectivity index (χ0) is 12.4.